The number of carbonyl (C=O) groups excluding carboxylic acids is 1. The maximum absolute atomic E-state index is 12.4. The molecular weight excluding hydrogens is 314 g/mol. The van der Waals surface area contributed by atoms with Crippen molar-refractivity contribution in [2.75, 3.05) is 38.2 Å². The minimum absolute atomic E-state index is 0. The predicted molar refractivity (Wildman–Crippen MR) is 92.6 cm³/mol. The molecule has 3 rings (SSSR count). The zero-order chi connectivity index (χ0) is 15.4. The van der Waals surface area contributed by atoms with Crippen molar-refractivity contribution in [3.05, 3.63) is 54.4 Å². The molecule has 5 nitrogen and oxygen atoms in total. The molecule has 0 spiro atoms. The Labute approximate surface area is 142 Å². The number of anilines is 1. The van der Waals surface area contributed by atoms with Crippen molar-refractivity contribution in [3.63, 3.8) is 0 Å². The molecule has 1 aromatic carbocycles. The Hall–Kier alpha value is -2.27. The van der Waals surface area contributed by atoms with Gasteiger partial charge in [-0.3, -0.25) is 9.78 Å². The first-order valence-corrected chi connectivity index (χ1v) is 7.36. The molecular formula is C17H20ClN3O2. The van der Waals surface area contributed by atoms with Gasteiger partial charge in [0, 0.05) is 44.3 Å². The number of amides is 1. The van der Waals surface area contributed by atoms with E-state index in [4.69, 9.17) is 4.74 Å². The summed E-state index contributed by atoms with van der Waals surface area (Å²) >= 11 is 0. The fraction of sp³-hybridized carbons (Fsp3) is 0.294. The Morgan fingerprint density at radius 1 is 1.09 bits per heavy atom. The van der Waals surface area contributed by atoms with E-state index in [0.29, 0.717) is 5.56 Å². The number of benzene rings is 1. The van der Waals surface area contributed by atoms with E-state index in [1.165, 1.54) is 0 Å². The normalized spacial score (nSPS) is 14.1. The van der Waals surface area contributed by atoms with Crippen molar-refractivity contribution in [3.8, 4) is 5.75 Å². The highest BCUT2D eigenvalue weighted by Crippen LogP contribution is 2.20. The van der Waals surface area contributed by atoms with E-state index in [0.717, 1.165) is 37.6 Å². The Bertz CT molecular complexity index is 626. The zero-order valence-corrected chi connectivity index (χ0v) is 13.8. The molecule has 2 heterocycles. The summed E-state index contributed by atoms with van der Waals surface area (Å²) in [7, 11) is 1.66. The quantitative estimate of drug-likeness (QED) is 0.865. The van der Waals surface area contributed by atoms with E-state index in [9.17, 15) is 4.79 Å². The summed E-state index contributed by atoms with van der Waals surface area (Å²) in [5.41, 5.74) is 1.81. The van der Waals surface area contributed by atoms with Crippen LogP contribution in [0.2, 0.25) is 0 Å². The van der Waals surface area contributed by atoms with Crippen LogP contribution in [-0.4, -0.2) is 49.1 Å². The van der Waals surface area contributed by atoms with Gasteiger partial charge in [0.2, 0.25) is 0 Å². The first kappa shape index (κ1) is 17.1. The number of methoxy groups -OCH3 is 1. The number of nitrogens with zero attached hydrogens (tertiary/aromatic N) is 3. The molecule has 1 fully saturated rings. The van der Waals surface area contributed by atoms with Crippen LogP contribution in [0.15, 0.2) is 48.8 Å². The maximum Gasteiger partial charge on any atom is 0.255 e. The van der Waals surface area contributed by atoms with Crippen molar-refractivity contribution in [1.29, 1.82) is 0 Å². The second kappa shape index (κ2) is 7.83. The predicted octanol–water partition coefficient (Wildman–Crippen LogP) is 2.47. The Morgan fingerprint density at radius 2 is 1.78 bits per heavy atom. The smallest absolute Gasteiger partial charge is 0.255 e. The van der Waals surface area contributed by atoms with E-state index >= 15 is 0 Å². The van der Waals surface area contributed by atoms with Gasteiger partial charge in [-0.05, 0) is 36.4 Å². The minimum atomic E-state index is 0. The van der Waals surface area contributed by atoms with Crippen LogP contribution in [0.1, 0.15) is 10.4 Å². The molecule has 1 saturated heterocycles. The van der Waals surface area contributed by atoms with Gasteiger partial charge in [-0.25, -0.2) is 0 Å². The highest BCUT2D eigenvalue weighted by atomic mass is 35.5. The van der Waals surface area contributed by atoms with Gasteiger partial charge in [-0.1, -0.05) is 0 Å². The molecule has 0 bridgehead atoms. The van der Waals surface area contributed by atoms with Gasteiger partial charge in [0.15, 0.2) is 0 Å². The summed E-state index contributed by atoms with van der Waals surface area (Å²) in [5.74, 6) is 0.914. The largest absolute Gasteiger partial charge is 0.497 e. The van der Waals surface area contributed by atoms with Gasteiger partial charge in [0.25, 0.3) is 5.91 Å². The third-order valence-electron chi connectivity index (χ3n) is 3.91. The molecule has 6 heteroatoms. The van der Waals surface area contributed by atoms with Crippen LogP contribution in [0.3, 0.4) is 0 Å². The number of rotatable bonds is 3. The topological polar surface area (TPSA) is 45.7 Å². The molecule has 122 valence electrons. The summed E-state index contributed by atoms with van der Waals surface area (Å²) in [6.45, 7) is 3.11. The van der Waals surface area contributed by atoms with Gasteiger partial charge < -0.3 is 14.5 Å². The summed E-state index contributed by atoms with van der Waals surface area (Å²) in [6, 6.07) is 11.6. The van der Waals surface area contributed by atoms with E-state index in [2.05, 4.69) is 22.0 Å². The Balaban J connectivity index is 0.00000192. The highest BCUT2D eigenvalue weighted by Gasteiger charge is 2.22. The van der Waals surface area contributed by atoms with Gasteiger partial charge in [-0.15, -0.1) is 12.4 Å². The fourth-order valence-electron chi connectivity index (χ4n) is 2.63. The molecule has 2 aromatic rings. The molecule has 0 aliphatic carbocycles. The molecule has 0 atom stereocenters. The van der Waals surface area contributed by atoms with Crippen LogP contribution >= 0.6 is 12.4 Å². The lowest BCUT2D eigenvalue weighted by atomic mass is 10.2. The van der Waals surface area contributed by atoms with E-state index in [-0.39, 0.29) is 18.3 Å². The van der Waals surface area contributed by atoms with E-state index < -0.39 is 0 Å². The van der Waals surface area contributed by atoms with Gasteiger partial charge in [0.1, 0.15) is 5.75 Å². The van der Waals surface area contributed by atoms with Crippen LogP contribution in [0, 0.1) is 0 Å². The minimum Gasteiger partial charge on any atom is -0.497 e. The van der Waals surface area contributed by atoms with Crippen LogP contribution < -0.4 is 9.64 Å². The van der Waals surface area contributed by atoms with Crippen LogP contribution in [0.5, 0.6) is 5.75 Å². The van der Waals surface area contributed by atoms with Crippen molar-refractivity contribution in [2.45, 2.75) is 0 Å². The molecule has 23 heavy (non-hydrogen) atoms. The molecule has 0 N–H and O–H groups in total. The van der Waals surface area contributed by atoms with Gasteiger partial charge in [-0.2, -0.15) is 0 Å². The molecule has 1 aliphatic rings. The second-order valence-electron chi connectivity index (χ2n) is 5.22. The lowest BCUT2D eigenvalue weighted by Gasteiger charge is -2.36. The third-order valence-corrected chi connectivity index (χ3v) is 3.91. The number of pyridine rings is 1. The van der Waals surface area contributed by atoms with Crippen LogP contribution in [0.25, 0.3) is 0 Å². The summed E-state index contributed by atoms with van der Waals surface area (Å²) in [6.07, 6.45) is 3.30. The number of piperazine rings is 1. The van der Waals surface area contributed by atoms with E-state index in [1.54, 1.807) is 25.6 Å². The first-order chi connectivity index (χ1) is 10.8. The number of ether oxygens (including phenoxy) is 1. The van der Waals surface area contributed by atoms with Gasteiger partial charge >= 0.3 is 0 Å². The first-order valence-electron chi connectivity index (χ1n) is 7.36. The Morgan fingerprint density at radius 3 is 2.35 bits per heavy atom. The van der Waals surface area contributed by atoms with E-state index in [1.807, 2.05) is 23.1 Å². The molecule has 1 aromatic heterocycles. The lowest BCUT2D eigenvalue weighted by Crippen LogP contribution is -2.48. The highest BCUT2D eigenvalue weighted by molar-refractivity contribution is 5.94. The Kier molecular flexibility index (Phi) is 5.82. The molecule has 0 saturated carbocycles. The summed E-state index contributed by atoms with van der Waals surface area (Å²) in [4.78, 5) is 20.6. The number of carbonyl (C=O) groups is 1. The standard InChI is InChI=1S/C17H19N3O2.ClH/c1-22-16-6-4-15(5-7-16)19-9-11-20(12-10-19)17(21)14-3-2-8-18-13-14;/h2-8,13H,9-12H2,1H3;1H. The molecule has 0 unspecified atom stereocenters. The van der Waals surface area contributed by atoms with Crippen molar-refractivity contribution in [2.24, 2.45) is 0 Å². The van der Waals surface area contributed by atoms with Crippen molar-refractivity contribution >= 4 is 24.0 Å². The van der Waals surface area contributed by atoms with Crippen molar-refractivity contribution in [1.82, 2.24) is 9.88 Å². The monoisotopic (exact) mass is 333 g/mol. The maximum atomic E-state index is 12.4. The number of hydrogen-bond donors (Lipinski definition) is 0. The third kappa shape index (κ3) is 3.93. The van der Waals surface area contributed by atoms with Gasteiger partial charge in [0.05, 0.1) is 12.7 Å². The SMILES string of the molecule is COc1ccc(N2CCN(C(=O)c3cccnc3)CC2)cc1.Cl. The fourth-order valence-corrected chi connectivity index (χ4v) is 2.63. The molecule has 1 aliphatic heterocycles. The van der Waals surface area contributed by atoms with Crippen LogP contribution in [-0.2, 0) is 0 Å². The van der Waals surface area contributed by atoms with Crippen LogP contribution in [0.4, 0.5) is 5.69 Å². The average molecular weight is 334 g/mol. The molecule has 0 radical (unpaired) electrons. The lowest BCUT2D eigenvalue weighted by molar-refractivity contribution is 0.0746. The number of hydrogen-bond acceptors (Lipinski definition) is 4. The second-order valence-corrected chi connectivity index (χ2v) is 5.22. The number of halogens is 1. The summed E-state index contributed by atoms with van der Waals surface area (Å²) < 4.78 is 5.18. The summed E-state index contributed by atoms with van der Waals surface area (Å²) in [5, 5.41) is 0. The zero-order valence-electron chi connectivity index (χ0n) is 13.0. The molecule has 1 amide bonds. The number of aromatic nitrogens is 1. The average Bonchev–Trinajstić information content (AvgIpc) is 2.62. The van der Waals surface area contributed by atoms with Crippen molar-refractivity contribution < 1.29 is 9.53 Å².